The van der Waals surface area contributed by atoms with E-state index in [0.717, 1.165) is 17.1 Å². The molecule has 2 heteroatoms. The number of fused-ring (bicyclic) bond motifs is 6. The lowest BCUT2D eigenvalue weighted by Crippen LogP contribution is -2.46. The summed E-state index contributed by atoms with van der Waals surface area (Å²) in [5.74, 6) is 0.147. The van der Waals surface area contributed by atoms with E-state index in [1.54, 1.807) is 6.08 Å². The van der Waals surface area contributed by atoms with Gasteiger partial charge in [0.25, 0.3) is 0 Å². The average molecular weight is 742 g/mol. The Morgan fingerprint density at radius 2 is 1.04 bits per heavy atom. The lowest BCUT2D eigenvalue weighted by atomic mass is 9.60. The van der Waals surface area contributed by atoms with Gasteiger partial charge in [-0.3, -0.25) is 0 Å². The van der Waals surface area contributed by atoms with Gasteiger partial charge < -0.3 is 10.0 Å². The zero-order valence-electron chi connectivity index (χ0n) is 33.9. The van der Waals surface area contributed by atoms with Gasteiger partial charge in [-0.1, -0.05) is 168 Å². The summed E-state index contributed by atoms with van der Waals surface area (Å²) in [5, 5.41) is 12.2. The van der Waals surface area contributed by atoms with Crippen LogP contribution >= 0.6 is 0 Å². The minimum atomic E-state index is -1.17. The molecule has 57 heavy (non-hydrogen) atoms. The number of hydrogen-bond donors (Lipinski definition) is 1. The van der Waals surface area contributed by atoms with E-state index in [0.29, 0.717) is 5.92 Å². The maximum absolute atomic E-state index is 12.2. The molecule has 0 bridgehead atoms. The van der Waals surface area contributed by atoms with Crippen molar-refractivity contribution >= 4 is 17.1 Å². The van der Waals surface area contributed by atoms with Crippen molar-refractivity contribution in [3.8, 4) is 33.4 Å². The second kappa shape index (κ2) is 13.6. The molecule has 0 radical (unpaired) electrons. The van der Waals surface area contributed by atoms with E-state index in [1.165, 1.54) is 66.8 Å². The Labute approximate surface area is 338 Å². The van der Waals surface area contributed by atoms with Crippen LogP contribution in [0.3, 0.4) is 0 Å². The van der Waals surface area contributed by atoms with E-state index in [9.17, 15) is 5.11 Å². The van der Waals surface area contributed by atoms with Gasteiger partial charge in [0.1, 0.15) is 0 Å². The van der Waals surface area contributed by atoms with Crippen molar-refractivity contribution in [3.63, 3.8) is 0 Å². The first-order valence-electron chi connectivity index (χ1n) is 20.4. The Balaban J connectivity index is 1.29. The second-order valence-corrected chi connectivity index (χ2v) is 17.2. The maximum Gasteiger partial charge on any atom is 0.0837 e. The van der Waals surface area contributed by atoms with Crippen LogP contribution in [0.2, 0.25) is 0 Å². The Kier molecular flexibility index (Phi) is 8.75. The Morgan fingerprint density at radius 3 is 1.65 bits per heavy atom. The monoisotopic (exact) mass is 741 g/mol. The predicted molar refractivity (Wildman–Crippen MR) is 240 cm³/mol. The average Bonchev–Trinajstić information content (AvgIpc) is 3.66. The largest absolute Gasteiger partial charge is 0.386 e. The van der Waals surface area contributed by atoms with Gasteiger partial charge in [0.15, 0.2) is 0 Å². The topological polar surface area (TPSA) is 23.5 Å². The molecule has 2 aliphatic carbocycles. The highest BCUT2D eigenvalue weighted by atomic mass is 16.3. The highest BCUT2D eigenvalue weighted by Gasteiger charge is 2.53. The van der Waals surface area contributed by atoms with E-state index >= 15 is 0 Å². The van der Waals surface area contributed by atoms with Gasteiger partial charge in [-0.15, -0.1) is 6.58 Å². The van der Waals surface area contributed by atoms with Crippen molar-refractivity contribution in [3.05, 3.63) is 210 Å². The fraction of sp³-hybridized carbons (Fsp3) is 0.200. The summed E-state index contributed by atoms with van der Waals surface area (Å²) in [4.78, 5) is 2.42. The third-order valence-corrected chi connectivity index (χ3v) is 13.4. The molecule has 0 heterocycles. The molecule has 0 amide bonds. The molecule has 9 rings (SSSR count). The smallest absolute Gasteiger partial charge is 0.0837 e. The van der Waals surface area contributed by atoms with Crippen molar-refractivity contribution in [2.75, 3.05) is 4.90 Å². The Bertz CT molecular complexity index is 2630. The Morgan fingerprint density at radius 1 is 0.544 bits per heavy atom. The molecule has 0 saturated carbocycles. The molecule has 1 N–H and O–H groups in total. The van der Waals surface area contributed by atoms with Crippen molar-refractivity contribution < 1.29 is 5.11 Å². The summed E-state index contributed by atoms with van der Waals surface area (Å²) in [6.07, 6.45) is 1.72. The summed E-state index contributed by atoms with van der Waals surface area (Å²) >= 11 is 0. The van der Waals surface area contributed by atoms with Crippen LogP contribution in [0.1, 0.15) is 80.8 Å². The van der Waals surface area contributed by atoms with Crippen molar-refractivity contribution in [2.45, 2.75) is 63.9 Å². The highest BCUT2D eigenvalue weighted by Crippen LogP contribution is 2.60. The van der Waals surface area contributed by atoms with E-state index < -0.39 is 11.0 Å². The third kappa shape index (κ3) is 5.64. The lowest BCUT2D eigenvalue weighted by molar-refractivity contribution is 0.0324. The Hall–Kier alpha value is -5.96. The minimum Gasteiger partial charge on any atom is -0.386 e. The number of aliphatic hydroxyl groups is 1. The molecule has 0 aromatic heterocycles. The molecule has 0 saturated heterocycles. The van der Waals surface area contributed by atoms with Crippen LogP contribution < -0.4 is 4.90 Å². The maximum atomic E-state index is 12.2. The summed E-state index contributed by atoms with van der Waals surface area (Å²) in [6, 6.07) is 60.3. The number of benzene rings is 7. The number of hydrogen-bond acceptors (Lipinski definition) is 2. The number of nitrogens with zero attached hydrogens (tertiary/aromatic N) is 1. The SMILES string of the molecule is C=CC(C)(O)[C@H](C)[C@@]1(c2ccc(C(C)C)cc2)c2ccccc2-c2ccc(N(c3ccc(-c4ccccc4)cc3)c3ccc4c(c3)C(C)(C)c3ccccc3-4)cc21. The van der Waals surface area contributed by atoms with Gasteiger partial charge in [-0.05, 0) is 116 Å². The first-order chi connectivity index (χ1) is 27.5. The standard InChI is InChI=1S/C55H51NO/c1-8-54(7,57)37(4)55(41-26-22-38(23-27-41)36(2)3)50-21-15-13-19-46(50)48-33-31-44(35-52(48)55)56(42-28-24-40(25-29-42)39-16-10-9-11-17-39)43-30-32-47-45-18-12-14-20-49(45)53(5,6)51(47)34-43/h8-37,57H,1H2,2-7H3/t37-,54?,55+/m0/s1. The molecular weight excluding hydrogens is 691 g/mol. The summed E-state index contributed by atoms with van der Waals surface area (Å²) < 4.78 is 0. The van der Waals surface area contributed by atoms with E-state index in [1.807, 2.05) is 6.92 Å². The van der Waals surface area contributed by atoms with Gasteiger partial charge in [0.2, 0.25) is 0 Å². The van der Waals surface area contributed by atoms with E-state index in [2.05, 4.69) is 210 Å². The molecule has 2 nitrogen and oxygen atoms in total. The van der Waals surface area contributed by atoms with Crippen LogP contribution in [-0.4, -0.2) is 10.7 Å². The summed E-state index contributed by atoms with van der Waals surface area (Å²) in [5.41, 5.74) is 16.2. The van der Waals surface area contributed by atoms with Crippen molar-refractivity contribution in [1.29, 1.82) is 0 Å². The van der Waals surface area contributed by atoms with Gasteiger partial charge in [-0.2, -0.15) is 0 Å². The van der Waals surface area contributed by atoms with Crippen LogP contribution in [0.25, 0.3) is 33.4 Å². The molecular formula is C55H51NO. The molecule has 7 aromatic carbocycles. The zero-order chi connectivity index (χ0) is 39.7. The quantitative estimate of drug-likeness (QED) is 0.149. The first-order valence-corrected chi connectivity index (χ1v) is 20.4. The normalized spacial score (nSPS) is 17.5. The molecule has 1 unspecified atom stereocenters. The minimum absolute atomic E-state index is 0.145. The van der Waals surface area contributed by atoms with Crippen LogP contribution in [0.4, 0.5) is 17.1 Å². The second-order valence-electron chi connectivity index (χ2n) is 17.2. The van der Waals surface area contributed by atoms with Gasteiger partial charge in [0.05, 0.1) is 11.0 Å². The van der Waals surface area contributed by atoms with Crippen molar-refractivity contribution in [2.24, 2.45) is 5.92 Å². The van der Waals surface area contributed by atoms with Crippen LogP contribution in [0, 0.1) is 5.92 Å². The van der Waals surface area contributed by atoms with E-state index in [-0.39, 0.29) is 11.3 Å². The predicted octanol–water partition coefficient (Wildman–Crippen LogP) is 14.1. The lowest BCUT2D eigenvalue weighted by Gasteiger charge is -2.45. The van der Waals surface area contributed by atoms with Crippen LogP contribution in [-0.2, 0) is 10.8 Å². The third-order valence-electron chi connectivity index (χ3n) is 13.4. The number of anilines is 3. The molecule has 7 aromatic rings. The van der Waals surface area contributed by atoms with E-state index in [4.69, 9.17) is 0 Å². The fourth-order valence-electron chi connectivity index (χ4n) is 9.93. The summed E-state index contributed by atoms with van der Waals surface area (Å²) in [6.45, 7) is 17.4. The van der Waals surface area contributed by atoms with Gasteiger partial charge in [-0.25, -0.2) is 0 Å². The molecule has 0 aliphatic heterocycles. The summed E-state index contributed by atoms with van der Waals surface area (Å²) in [7, 11) is 0. The van der Waals surface area contributed by atoms with Gasteiger partial charge >= 0.3 is 0 Å². The molecule has 0 spiro atoms. The van der Waals surface area contributed by atoms with Crippen LogP contribution in [0.15, 0.2) is 176 Å². The van der Waals surface area contributed by atoms with Gasteiger partial charge in [0, 0.05) is 28.4 Å². The zero-order valence-corrected chi connectivity index (χ0v) is 33.9. The molecule has 2 aliphatic rings. The first kappa shape index (κ1) is 36.7. The number of rotatable bonds is 9. The van der Waals surface area contributed by atoms with Crippen molar-refractivity contribution in [1.82, 2.24) is 0 Å². The van der Waals surface area contributed by atoms with Crippen LogP contribution in [0.5, 0.6) is 0 Å². The fourth-order valence-corrected chi connectivity index (χ4v) is 9.93. The molecule has 282 valence electrons. The highest BCUT2D eigenvalue weighted by molar-refractivity contribution is 5.90. The molecule has 0 fully saturated rings. The molecule has 3 atom stereocenters.